The average Bonchev–Trinajstić information content (AvgIpc) is 2.59. The van der Waals surface area contributed by atoms with Gasteiger partial charge in [-0.1, -0.05) is 25.4 Å². The number of rotatable bonds is 4. The Hall–Kier alpha value is -1.81. The summed E-state index contributed by atoms with van der Waals surface area (Å²) in [5.41, 5.74) is 1.33. The van der Waals surface area contributed by atoms with E-state index in [0.29, 0.717) is 28.6 Å². The van der Waals surface area contributed by atoms with Gasteiger partial charge < -0.3 is 9.67 Å². The number of nitrogens with zero attached hydrogens (tertiary/aromatic N) is 1. The Bertz CT molecular complexity index is 689. The number of hydrogen-bond donors (Lipinski definition) is 1. The number of carbonyl (C=O) groups is 1. The number of fused-ring (bicyclic) bond motifs is 1. The molecule has 0 saturated heterocycles. The van der Waals surface area contributed by atoms with Crippen LogP contribution in [0.15, 0.2) is 24.3 Å². The van der Waals surface area contributed by atoms with Gasteiger partial charge in [0.25, 0.3) is 0 Å². The van der Waals surface area contributed by atoms with Crippen LogP contribution in [0, 0.1) is 11.7 Å². The highest BCUT2D eigenvalue weighted by molar-refractivity contribution is 6.33. The molecule has 0 saturated carbocycles. The van der Waals surface area contributed by atoms with Crippen LogP contribution >= 0.6 is 11.6 Å². The van der Waals surface area contributed by atoms with Crippen molar-refractivity contribution in [2.45, 2.75) is 20.4 Å². The molecule has 0 spiro atoms. The summed E-state index contributed by atoms with van der Waals surface area (Å²) in [6, 6.07) is 4.41. The second-order valence-electron chi connectivity index (χ2n) is 5.04. The van der Waals surface area contributed by atoms with Crippen molar-refractivity contribution >= 4 is 34.5 Å². The van der Waals surface area contributed by atoms with E-state index in [0.717, 1.165) is 11.6 Å². The van der Waals surface area contributed by atoms with Gasteiger partial charge in [0, 0.05) is 29.1 Å². The van der Waals surface area contributed by atoms with Crippen LogP contribution < -0.4 is 0 Å². The van der Waals surface area contributed by atoms with Crippen LogP contribution in [0.1, 0.15) is 19.4 Å². The lowest BCUT2D eigenvalue weighted by Crippen LogP contribution is -2.04. The second kappa shape index (κ2) is 5.67. The predicted octanol–water partition coefficient (Wildman–Crippen LogP) is 4.19. The molecule has 2 rings (SSSR count). The Morgan fingerprint density at radius 3 is 2.80 bits per heavy atom. The minimum atomic E-state index is -1.07. The number of benzene rings is 1. The van der Waals surface area contributed by atoms with E-state index in [9.17, 15) is 9.18 Å². The third-order valence-electron chi connectivity index (χ3n) is 2.94. The van der Waals surface area contributed by atoms with Gasteiger partial charge in [0.05, 0.1) is 0 Å². The second-order valence-corrected chi connectivity index (χ2v) is 5.40. The molecule has 0 radical (unpaired) electrons. The summed E-state index contributed by atoms with van der Waals surface area (Å²) < 4.78 is 15.3. The summed E-state index contributed by atoms with van der Waals surface area (Å²) in [6.07, 6.45) is 2.41. The molecule has 0 atom stereocenters. The summed E-state index contributed by atoms with van der Waals surface area (Å²) in [5.74, 6) is -1.08. The van der Waals surface area contributed by atoms with Crippen molar-refractivity contribution in [1.82, 2.24) is 4.57 Å². The third-order valence-corrected chi connectivity index (χ3v) is 3.35. The Morgan fingerprint density at radius 1 is 1.50 bits per heavy atom. The molecule has 0 unspecified atom stereocenters. The molecule has 2 aromatic rings. The Kier molecular flexibility index (Phi) is 4.14. The molecule has 1 aromatic heterocycles. The number of carboxylic acids is 1. The van der Waals surface area contributed by atoms with Crippen LogP contribution in [0.5, 0.6) is 0 Å². The predicted molar refractivity (Wildman–Crippen MR) is 78.4 cm³/mol. The molecule has 0 aliphatic heterocycles. The van der Waals surface area contributed by atoms with E-state index in [4.69, 9.17) is 16.7 Å². The van der Waals surface area contributed by atoms with Gasteiger partial charge in [-0.15, -0.1) is 0 Å². The van der Waals surface area contributed by atoms with Crippen LogP contribution in [-0.4, -0.2) is 15.6 Å². The van der Waals surface area contributed by atoms with Crippen LogP contribution in [0.25, 0.3) is 17.0 Å². The van der Waals surface area contributed by atoms with E-state index in [2.05, 4.69) is 13.8 Å². The summed E-state index contributed by atoms with van der Waals surface area (Å²) in [5, 5.41) is 9.78. The zero-order valence-electron chi connectivity index (χ0n) is 11.2. The molecular weight excluding hydrogens is 281 g/mol. The molecular formula is C15H15ClFNO2. The topological polar surface area (TPSA) is 42.2 Å². The van der Waals surface area contributed by atoms with Gasteiger partial charge in [0.15, 0.2) is 0 Å². The molecule has 1 aromatic carbocycles. The van der Waals surface area contributed by atoms with Crippen LogP contribution in [-0.2, 0) is 11.3 Å². The molecule has 0 aliphatic carbocycles. The molecule has 1 N–H and O–H groups in total. The fraction of sp³-hybridized carbons (Fsp3) is 0.267. The Labute approximate surface area is 121 Å². The molecule has 0 fully saturated rings. The minimum Gasteiger partial charge on any atom is -0.478 e. The molecule has 5 heteroatoms. The summed E-state index contributed by atoms with van der Waals surface area (Å²) >= 11 is 6.33. The quantitative estimate of drug-likeness (QED) is 0.860. The molecule has 20 heavy (non-hydrogen) atoms. The lowest BCUT2D eigenvalue weighted by atomic mass is 10.1. The number of aliphatic carboxylic acids is 1. The van der Waals surface area contributed by atoms with Crippen LogP contribution in [0.4, 0.5) is 4.39 Å². The zero-order chi connectivity index (χ0) is 14.9. The summed E-state index contributed by atoms with van der Waals surface area (Å²) in [6.45, 7) is 4.79. The molecule has 0 amide bonds. The van der Waals surface area contributed by atoms with Crippen molar-refractivity contribution in [3.05, 3.63) is 40.8 Å². The van der Waals surface area contributed by atoms with Gasteiger partial charge in [-0.25, -0.2) is 9.18 Å². The largest absolute Gasteiger partial charge is 0.478 e. The number of carboxylic acid groups (broad SMARTS) is 1. The van der Waals surface area contributed by atoms with Crippen LogP contribution in [0.3, 0.4) is 0 Å². The van der Waals surface area contributed by atoms with Gasteiger partial charge in [-0.3, -0.25) is 0 Å². The van der Waals surface area contributed by atoms with E-state index >= 15 is 0 Å². The third kappa shape index (κ3) is 2.85. The maximum Gasteiger partial charge on any atom is 0.328 e. The van der Waals surface area contributed by atoms with Gasteiger partial charge >= 0.3 is 5.97 Å². The first-order valence-electron chi connectivity index (χ1n) is 6.28. The molecule has 3 nitrogen and oxygen atoms in total. The monoisotopic (exact) mass is 295 g/mol. The average molecular weight is 296 g/mol. The van der Waals surface area contributed by atoms with E-state index < -0.39 is 5.97 Å². The highest BCUT2D eigenvalue weighted by Crippen LogP contribution is 2.32. The van der Waals surface area contributed by atoms with E-state index in [1.54, 1.807) is 6.07 Å². The standard InChI is InChI=1S/C15H15ClFNO2/c1-9(2)8-18-13-5-3-10(17)7-12(13)11(15(18)16)4-6-14(19)20/h3-7,9H,8H2,1-2H3,(H,19,20)/b6-4+. The van der Waals surface area contributed by atoms with Crippen molar-refractivity contribution in [3.8, 4) is 0 Å². The Balaban J connectivity index is 2.68. The van der Waals surface area contributed by atoms with Gasteiger partial charge in [0.2, 0.25) is 0 Å². The SMILES string of the molecule is CC(C)Cn1c(Cl)c(/C=C/C(=O)O)c2cc(F)ccc21. The molecule has 106 valence electrons. The maximum absolute atomic E-state index is 13.4. The minimum absolute atomic E-state index is 0.365. The normalized spacial score (nSPS) is 11.8. The van der Waals surface area contributed by atoms with Crippen molar-refractivity contribution in [3.63, 3.8) is 0 Å². The van der Waals surface area contributed by atoms with Crippen molar-refractivity contribution in [2.24, 2.45) is 5.92 Å². The smallest absolute Gasteiger partial charge is 0.328 e. The number of hydrogen-bond acceptors (Lipinski definition) is 1. The van der Waals surface area contributed by atoms with E-state index in [-0.39, 0.29) is 5.82 Å². The molecule has 0 bridgehead atoms. The van der Waals surface area contributed by atoms with Crippen molar-refractivity contribution in [1.29, 1.82) is 0 Å². The van der Waals surface area contributed by atoms with Gasteiger partial charge in [-0.05, 0) is 30.2 Å². The fourth-order valence-electron chi connectivity index (χ4n) is 2.18. The fourth-order valence-corrected chi connectivity index (χ4v) is 2.50. The summed E-state index contributed by atoms with van der Waals surface area (Å²) in [4.78, 5) is 10.7. The lowest BCUT2D eigenvalue weighted by Gasteiger charge is -2.09. The molecule has 1 heterocycles. The number of halogens is 2. The van der Waals surface area contributed by atoms with Gasteiger partial charge in [0.1, 0.15) is 11.0 Å². The number of aromatic nitrogens is 1. The highest BCUT2D eigenvalue weighted by atomic mass is 35.5. The van der Waals surface area contributed by atoms with E-state index in [1.807, 2.05) is 4.57 Å². The maximum atomic E-state index is 13.4. The zero-order valence-corrected chi connectivity index (χ0v) is 12.0. The summed E-state index contributed by atoms with van der Waals surface area (Å²) in [7, 11) is 0. The lowest BCUT2D eigenvalue weighted by molar-refractivity contribution is -0.131. The van der Waals surface area contributed by atoms with Crippen molar-refractivity contribution < 1.29 is 14.3 Å². The Morgan fingerprint density at radius 2 is 2.20 bits per heavy atom. The van der Waals surface area contributed by atoms with Crippen LogP contribution in [0.2, 0.25) is 5.15 Å². The van der Waals surface area contributed by atoms with Crippen molar-refractivity contribution in [2.75, 3.05) is 0 Å². The first-order chi connectivity index (χ1) is 9.40. The highest BCUT2D eigenvalue weighted by Gasteiger charge is 2.15. The molecule has 0 aliphatic rings. The first kappa shape index (κ1) is 14.6. The van der Waals surface area contributed by atoms with E-state index in [1.165, 1.54) is 18.2 Å². The van der Waals surface area contributed by atoms with Gasteiger partial charge in [-0.2, -0.15) is 0 Å². The first-order valence-corrected chi connectivity index (χ1v) is 6.66.